The molecule has 110 valence electrons. The molecule has 2 aromatic rings. The lowest BCUT2D eigenvalue weighted by molar-refractivity contribution is -0.136. The SMILES string of the molecule is O=C(O)Cc1ccccc1CNc1c(Cl)cc(F)cc1Cl. The third-order valence-corrected chi connectivity index (χ3v) is 3.52. The first-order valence-electron chi connectivity index (χ1n) is 6.14. The van der Waals surface area contributed by atoms with Crippen LogP contribution in [0.1, 0.15) is 11.1 Å². The van der Waals surface area contributed by atoms with Crippen LogP contribution in [0.5, 0.6) is 0 Å². The summed E-state index contributed by atoms with van der Waals surface area (Å²) in [5.74, 6) is -1.41. The van der Waals surface area contributed by atoms with E-state index in [1.165, 1.54) is 12.1 Å². The van der Waals surface area contributed by atoms with Crippen molar-refractivity contribution >= 4 is 34.9 Å². The van der Waals surface area contributed by atoms with Gasteiger partial charge in [0.05, 0.1) is 22.2 Å². The Balaban J connectivity index is 2.19. The lowest BCUT2D eigenvalue weighted by Gasteiger charge is -2.13. The first-order chi connectivity index (χ1) is 9.97. The standard InChI is InChI=1S/C15H12Cl2FNO2/c16-12-6-11(18)7-13(17)15(12)19-8-10-4-2-1-3-9(10)5-14(20)21/h1-4,6-7,19H,5,8H2,(H,20,21). The second-order valence-electron chi connectivity index (χ2n) is 4.44. The summed E-state index contributed by atoms with van der Waals surface area (Å²) >= 11 is 11.9. The third-order valence-electron chi connectivity index (χ3n) is 2.92. The molecule has 0 radical (unpaired) electrons. The predicted octanol–water partition coefficient (Wildman–Crippen LogP) is 4.37. The van der Waals surface area contributed by atoms with Crippen molar-refractivity contribution in [3.8, 4) is 0 Å². The van der Waals surface area contributed by atoms with Crippen molar-refractivity contribution in [2.24, 2.45) is 0 Å². The molecular weight excluding hydrogens is 316 g/mol. The van der Waals surface area contributed by atoms with E-state index in [0.29, 0.717) is 17.8 Å². The van der Waals surface area contributed by atoms with Gasteiger partial charge in [-0.1, -0.05) is 47.5 Å². The van der Waals surface area contributed by atoms with E-state index in [4.69, 9.17) is 28.3 Å². The fourth-order valence-corrected chi connectivity index (χ4v) is 2.55. The maximum atomic E-state index is 13.1. The summed E-state index contributed by atoms with van der Waals surface area (Å²) in [6.07, 6.45) is -0.0667. The number of anilines is 1. The summed E-state index contributed by atoms with van der Waals surface area (Å²) in [6.45, 7) is 0.342. The molecule has 0 fully saturated rings. The van der Waals surface area contributed by atoms with Gasteiger partial charge < -0.3 is 10.4 Å². The lowest BCUT2D eigenvalue weighted by atomic mass is 10.0. The Hall–Kier alpha value is -1.78. The van der Waals surface area contributed by atoms with Crippen LogP contribution in [0.2, 0.25) is 10.0 Å². The summed E-state index contributed by atoms with van der Waals surface area (Å²) in [5, 5.41) is 12.3. The normalized spacial score (nSPS) is 10.4. The van der Waals surface area contributed by atoms with E-state index < -0.39 is 11.8 Å². The summed E-state index contributed by atoms with van der Waals surface area (Å²) in [4.78, 5) is 10.8. The van der Waals surface area contributed by atoms with Crippen molar-refractivity contribution in [2.75, 3.05) is 5.32 Å². The molecule has 0 aliphatic heterocycles. The molecular formula is C15H12Cl2FNO2. The van der Waals surface area contributed by atoms with Crippen molar-refractivity contribution in [3.05, 3.63) is 63.4 Å². The maximum absolute atomic E-state index is 13.1. The van der Waals surface area contributed by atoms with Crippen LogP contribution in [-0.4, -0.2) is 11.1 Å². The van der Waals surface area contributed by atoms with Crippen LogP contribution in [0.15, 0.2) is 36.4 Å². The predicted molar refractivity (Wildman–Crippen MR) is 81.5 cm³/mol. The average molecular weight is 328 g/mol. The van der Waals surface area contributed by atoms with Gasteiger partial charge in [-0.3, -0.25) is 4.79 Å². The van der Waals surface area contributed by atoms with Gasteiger partial charge in [0, 0.05) is 6.54 Å². The number of hydrogen-bond acceptors (Lipinski definition) is 2. The Labute approximate surface area is 131 Å². The number of rotatable bonds is 5. The molecule has 0 amide bonds. The van der Waals surface area contributed by atoms with Gasteiger partial charge in [0.1, 0.15) is 5.82 Å². The van der Waals surface area contributed by atoms with E-state index in [2.05, 4.69) is 5.32 Å². The topological polar surface area (TPSA) is 49.3 Å². The monoisotopic (exact) mass is 327 g/mol. The van der Waals surface area contributed by atoms with E-state index >= 15 is 0 Å². The summed E-state index contributed by atoms with van der Waals surface area (Å²) in [6, 6.07) is 9.49. The molecule has 0 aliphatic carbocycles. The van der Waals surface area contributed by atoms with Crippen molar-refractivity contribution < 1.29 is 14.3 Å². The Morgan fingerprint density at radius 2 is 1.71 bits per heavy atom. The Morgan fingerprint density at radius 1 is 1.14 bits per heavy atom. The van der Waals surface area contributed by atoms with Crippen LogP contribution in [0.25, 0.3) is 0 Å². The molecule has 2 rings (SSSR count). The van der Waals surface area contributed by atoms with Crippen LogP contribution < -0.4 is 5.32 Å². The zero-order chi connectivity index (χ0) is 15.4. The number of aliphatic carboxylic acids is 1. The van der Waals surface area contributed by atoms with Gasteiger partial charge in [0.25, 0.3) is 0 Å². The van der Waals surface area contributed by atoms with Crippen molar-refractivity contribution in [1.29, 1.82) is 0 Å². The van der Waals surface area contributed by atoms with Gasteiger partial charge in [0.15, 0.2) is 0 Å². The first-order valence-corrected chi connectivity index (χ1v) is 6.90. The molecule has 0 heterocycles. The summed E-state index contributed by atoms with van der Waals surface area (Å²) < 4.78 is 13.1. The minimum atomic E-state index is -0.903. The second-order valence-corrected chi connectivity index (χ2v) is 5.25. The van der Waals surface area contributed by atoms with Gasteiger partial charge in [-0.25, -0.2) is 4.39 Å². The van der Waals surface area contributed by atoms with Crippen LogP contribution >= 0.6 is 23.2 Å². The van der Waals surface area contributed by atoms with Crippen LogP contribution in [0.3, 0.4) is 0 Å². The van der Waals surface area contributed by atoms with Crippen LogP contribution in [-0.2, 0) is 17.8 Å². The molecule has 2 N–H and O–H groups in total. The minimum absolute atomic E-state index is 0.0667. The molecule has 0 bridgehead atoms. The van der Waals surface area contributed by atoms with E-state index in [1.807, 2.05) is 12.1 Å². The fraction of sp³-hybridized carbons (Fsp3) is 0.133. The molecule has 0 saturated carbocycles. The molecule has 3 nitrogen and oxygen atoms in total. The number of hydrogen-bond donors (Lipinski definition) is 2. The molecule has 0 saturated heterocycles. The molecule has 6 heteroatoms. The number of carbonyl (C=O) groups is 1. The fourth-order valence-electron chi connectivity index (χ4n) is 1.96. The largest absolute Gasteiger partial charge is 0.481 e. The van der Waals surface area contributed by atoms with E-state index in [1.54, 1.807) is 12.1 Å². The number of halogens is 3. The molecule has 0 unspecified atom stereocenters. The second kappa shape index (κ2) is 6.78. The van der Waals surface area contributed by atoms with Crippen molar-refractivity contribution in [1.82, 2.24) is 0 Å². The summed E-state index contributed by atoms with van der Waals surface area (Å²) in [7, 11) is 0. The highest BCUT2D eigenvalue weighted by Gasteiger charge is 2.10. The number of carboxylic acid groups (broad SMARTS) is 1. The zero-order valence-electron chi connectivity index (χ0n) is 10.9. The van der Waals surface area contributed by atoms with Crippen molar-refractivity contribution in [3.63, 3.8) is 0 Å². The molecule has 21 heavy (non-hydrogen) atoms. The highest BCUT2D eigenvalue weighted by molar-refractivity contribution is 6.39. The third kappa shape index (κ3) is 4.09. The van der Waals surface area contributed by atoms with Crippen LogP contribution in [0.4, 0.5) is 10.1 Å². The van der Waals surface area contributed by atoms with E-state index in [0.717, 1.165) is 5.56 Å². The highest BCUT2D eigenvalue weighted by Crippen LogP contribution is 2.31. The Kier molecular flexibility index (Phi) is 5.04. The van der Waals surface area contributed by atoms with Gasteiger partial charge in [0.2, 0.25) is 0 Å². The zero-order valence-corrected chi connectivity index (χ0v) is 12.4. The maximum Gasteiger partial charge on any atom is 0.307 e. The van der Waals surface area contributed by atoms with Gasteiger partial charge >= 0.3 is 5.97 Å². The smallest absolute Gasteiger partial charge is 0.307 e. The van der Waals surface area contributed by atoms with Gasteiger partial charge in [-0.15, -0.1) is 0 Å². The Bertz CT molecular complexity index is 653. The average Bonchev–Trinajstić information content (AvgIpc) is 2.38. The van der Waals surface area contributed by atoms with E-state index in [9.17, 15) is 9.18 Å². The summed E-state index contributed by atoms with van der Waals surface area (Å²) in [5.41, 5.74) is 1.94. The molecule has 0 aromatic heterocycles. The quantitative estimate of drug-likeness (QED) is 0.857. The molecule has 0 spiro atoms. The first kappa shape index (κ1) is 15.6. The number of nitrogens with one attached hydrogen (secondary N) is 1. The molecule has 0 atom stereocenters. The molecule has 2 aromatic carbocycles. The van der Waals surface area contributed by atoms with Gasteiger partial charge in [-0.05, 0) is 23.3 Å². The van der Waals surface area contributed by atoms with Crippen molar-refractivity contribution in [2.45, 2.75) is 13.0 Å². The highest BCUT2D eigenvalue weighted by atomic mass is 35.5. The van der Waals surface area contributed by atoms with Gasteiger partial charge in [-0.2, -0.15) is 0 Å². The molecule has 0 aliphatic rings. The van der Waals surface area contributed by atoms with Crippen LogP contribution in [0, 0.1) is 5.82 Å². The Morgan fingerprint density at radius 3 is 2.29 bits per heavy atom. The minimum Gasteiger partial charge on any atom is -0.481 e. The van der Waals surface area contributed by atoms with E-state index in [-0.39, 0.29) is 16.5 Å². The number of carboxylic acids is 1. The lowest BCUT2D eigenvalue weighted by Crippen LogP contribution is -2.07. The number of benzene rings is 2.